The van der Waals surface area contributed by atoms with Crippen molar-refractivity contribution in [3.05, 3.63) is 33.7 Å². The van der Waals surface area contributed by atoms with Gasteiger partial charge in [0, 0.05) is 25.2 Å². The Morgan fingerprint density at radius 1 is 1.40 bits per heavy atom. The van der Waals surface area contributed by atoms with Gasteiger partial charge in [-0.05, 0) is 26.3 Å². The maximum Gasteiger partial charge on any atom is 0.303 e. The molecule has 1 aromatic heterocycles. The fourth-order valence-corrected chi connectivity index (χ4v) is 1.83. The summed E-state index contributed by atoms with van der Waals surface area (Å²) >= 11 is 5.83. The van der Waals surface area contributed by atoms with Crippen LogP contribution < -0.4 is 10.9 Å². The van der Waals surface area contributed by atoms with Crippen molar-refractivity contribution in [1.82, 2.24) is 9.88 Å². The second-order valence-corrected chi connectivity index (χ2v) is 5.30. The van der Waals surface area contributed by atoms with Crippen LogP contribution in [0.5, 0.6) is 0 Å². The van der Waals surface area contributed by atoms with Crippen LogP contribution in [-0.4, -0.2) is 28.1 Å². The number of hydrogen-bond donors (Lipinski definition) is 2. The molecule has 6 nitrogen and oxygen atoms in total. The van der Waals surface area contributed by atoms with Crippen molar-refractivity contribution >= 4 is 23.5 Å². The maximum absolute atomic E-state index is 12.1. The van der Waals surface area contributed by atoms with Crippen LogP contribution in [0, 0.1) is 0 Å². The predicted molar refractivity (Wildman–Crippen MR) is 74.9 cm³/mol. The Morgan fingerprint density at radius 2 is 2.05 bits per heavy atom. The summed E-state index contributed by atoms with van der Waals surface area (Å²) in [6, 6.07) is 2.75. The average Bonchev–Trinajstić information content (AvgIpc) is 2.36. The van der Waals surface area contributed by atoms with Gasteiger partial charge in [-0.1, -0.05) is 11.6 Å². The Bertz CT molecular complexity index is 566. The molecule has 0 atom stereocenters. The number of aliphatic carboxylic acids is 1. The Hall–Kier alpha value is -1.82. The number of carboxylic acid groups (broad SMARTS) is 1. The number of rotatable bonds is 6. The molecule has 1 amide bonds. The molecule has 110 valence electrons. The highest BCUT2D eigenvalue weighted by molar-refractivity contribution is 6.30. The summed E-state index contributed by atoms with van der Waals surface area (Å²) in [4.78, 5) is 34.3. The molecule has 0 fully saturated rings. The first-order valence-corrected chi connectivity index (χ1v) is 6.51. The molecule has 1 aromatic rings. The molecule has 7 heteroatoms. The maximum atomic E-state index is 12.1. The van der Waals surface area contributed by atoms with Crippen LogP contribution in [0.4, 0.5) is 0 Å². The molecule has 0 saturated carbocycles. The number of aromatic nitrogens is 1. The van der Waals surface area contributed by atoms with Crippen LogP contribution in [-0.2, 0) is 15.1 Å². The lowest BCUT2D eigenvalue weighted by Crippen LogP contribution is -2.48. The van der Waals surface area contributed by atoms with Gasteiger partial charge < -0.3 is 10.4 Å². The van der Waals surface area contributed by atoms with Crippen LogP contribution in [0.25, 0.3) is 0 Å². The fraction of sp³-hybridized carbons (Fsp3) is 0.462. The normalized spacial score (nSPS) is 11.2. The van der Waals surface area contributed by atoms with E-state index in [0.717, 1.165) is 0 Å². The first-order valence-electron chi connectivity index (χ1n) is 6.14. The van der Waals surface area contributed by atoms with Crippen LogP contribution in [0.1, 0.15) is 26.7 Å². The molecule has 2 N–H and O–H groups in total. The van der Waals surface area contributed by atoms with E-state index in [4.69, 9.17) is 16.7 Å². The Kier molecular flexibility index (Phi) is 5.33. The Labute approximate surface area is 121 Å². The third-order valence-corrected chi connectivity index (χ3v) is 3.11. The summed E-state index contributed by atoms with van der Waals surface area (Å²) in [5.41, 5.74) is -1.44. The number of amides is 1. The molecule has 0 aliphatic carbocycles. The van der Waals surface area contributed by atoms with E-state index < -0.39 is 11.5 Å². The number of carbonyl (C=O) groups excluding carboxylic acids is 1. The van der Waals surface area contributed by atoms with Crippen molar-refractivity contribution in [2.45, 2.75) is 32.2 Å². The van der Waals surface area contributed by atoms with Crippen molar-refractivity contribution in [2.24, 2.45) is 0 Å². The van der Waals surface area contributed by atoms with Crippen molar-refractivity contribution in [3.63, 3.8) is 0 Å². The van der Waals surface area contributed by atoms with Gasteiger partial charge in [0.15, 0.2) is 0 Å². The lowest BCUT2D eigenvalue weighted by molar-refractivity contribution is -0.137. The highest BCUT2D eigenvalue weighted by Gasteiger charge is 2.30. The third kappa shape index (κ3) is 4.09. The SMILES string of the molecule is CC(C)(C(=O)NCCCC(=O)O)n1cc(Cl)ccc1=O. The van der Waals surface area contributed by atoms with E-state index in [-0.39, 0.29) is 24.4 Å². The molecule has 0 radical (unpaired) electrons. The number of hydrogen-bond acceptors (Lipinski definition) is 3. The predicted octanol–water partition coefficient (Wildman–Crippen LogP) is 1.22. The lowest BCUT2D eigenvalue weighted by Gasteiger charge is -2.26. The molecule has 20 heavy (non-hydrogen) atoms. The molecule has 0 unspecified atom stereocenters. The summed E-state index contributed by atoms with van der Waals surface area (Å²) in [6.45, 7) is 3.43. The molecule has 0 bridgehead atoms. The number of carbonyl (C=O) groups is 2. The third-order valence-electron chi connectivity index (χ3n) is 2.89. The number of nitrogens with zero attached hydrogens (tertiary/aromatic N) is 1. The van der Waals surface area contributed by atoms with Crippen LogP contribution in [0.2, 0.25) is 5.02 Å². The molecule has 1 rings (SSSR count). The van der Waals surface area contributed by atoms with E-state index in [1.807, 2.05) is 0 Å². The lowest BCUT2D eigenvalue weighted by atomic mass is 10.0. The quantitative estimate of drug-likeness (QED) is 0.773. The fourth-order valence-electron chi connectivity index (χ4n) is 1.67. The average molecular weight is 301 g/mol. The van der Waals surface area contributed by atoms with Gasteiger partial charge in [-0.25, -0.2) is 0 Å². The summed E-state index contributed by atoms with van der Waals surface area (Å²) < 4.78 is 1.25. The Balaban J connectivity index is 2.77. The minimum absolute atomic E-state index is 0.0160. The zero-order valence-corrected chi connectivity index (χ0v) is 12.1. The van der Waals surface area contributed by atoms with Gasteiger partial charge in [-0.15, -0.1) is 0 Å². The van der Waals surface area contributed by atoms with E-state index in [0.29, 0.717) is 11.4 Å². The van der Waals surface area contributed by atoms with Crippen molar-refractivity contribution in [1.29, 1.82) is 0 Å². The second-order valence-electron chi connectivity index (χ2n) is 4.87. The minimum atomic E-state index is -1.11. The van der Waals surface area contributed by atoms with Gasteiger partial charge in [-0.3, -0.25) is 19.0 Å². The zero-order valence-electron chi connectivity index (χ0n) is 11.4. The van der Waals surface area contributed by atoms with Crippen molar-refractivity contribution < 1.29 is 14.7 Å². The first-order chi connectivity index (χ1) is 9.25. The summed E-state index contributed by atoms with van der Waals surface area (Å²) in [7, 11) is 0. The van der Waals surface area contributed by atoms with Gasteiger partial charge in [0.05, 0.1) is 5.02 Å². The van der Waals surface area contributed by atoms with Crippen molar-refractivity contribution in [3.8, 4) is 0 Å². The smallest absolute Gasteiger partial charge is 0.303 e. The number of carboxylic acids is 1. The second kappa shape index (κ2) is 6.56. The van der Waals surface area contributed by atoms with E-state index in [2.05, 4.69) is 5.32 Å². The molecule has 0 aliphatic heterocycles. The molecule has 0 aromatic carbocycles. The van der Waals surface area contributed by atoms with E-state index in [1.54, 1.807) is 13.8 Å². The minimum Gasteiger partial charge on any atom is -0.481 e. The molecule has 0 saturated heterocycles. The number of pyridine rings is 1. The Morgan fingerprint density at radius 3 is 2.65 bits per heavy atom. The van der Waals surface area contributed by atoms with Crippen LogP contribution in [0.3, 0.4) is 0 Å². The standard InChI is InChI=1S/C13H17ClN2O4/c1-13(2,12(20)15-7-3-4-11(18)19)16-8-9(14)5-6-10(16)17/h5-6,8H,3-4,7H2,1-2H3,(H,15,20)(H,18,19). The molecular weight excluding hydrogens is 284 g/mol. The zero-order chi connectivity index (χ0) is 15.3. The van der Waals surface area contributed by atoms with Gasteiger partial charge in [0.1, 0.15) is 5.54 Å². The molecule has 1 heterocycles. The van der Waals surface area contributed by atoms with Gasteiger partial charge in [0.2, 0.25) is 5.91 Å². The largest absolute Gasteiger partial charge is 0.481 e. The number of halogens is 1. The highest BCUT2D eigenvalue weighted by atomic mass is 35.5. The summed E-state index contributed by atoms with van der Waals surface area (Å²) in [5, 5.41) is 11.5. The molecule has 0 spiro atoms. The first kappa shape index (κ1) is 16.2. The van der Waals surface area contributed by atoms with Gasteiger partial charge >= 0.3 is 5.97 Å². The van der Waals surface area contributed by atoms with Gasteiger partial charge in [-0.2, -0.15) is 0 Å². The van der Waals surface area contributed by atoms with Crippen molar-refractivity contribution in [2.75, 3.05) is 6.54 Å². The van der Waals surface area contributed by atoms with E-state index >= 15 is 0 Å². The van der Waals surface area contributed by atoms with Crippen LogP contribution >= 0.6 is 11.6 Å². The summed E-state index contributed by atoms with van der Waals surface area (Å²) in [5.74, 6) is -1.28. The highest BCUT2D eigenvalue weighted by Crippen LogP contribution is 2.15. The van der Waals surface area contributed by atoms with E-state index in [1.165, 1.54) is 22.9 Å². The molecule has 0 aliphatic rings. The van der Waals surface area contributed by atoms with E-state index in [9.17, 15) is 14.4 Å². The monoisotopic (exact) mass is 300 g/mol. The topological polar surface area (TPSA) is 88.4 Å². The van der Waals surface area contributed by atoms with Crippen LogP contribution in [0.15, 0.2) is 23.1 Å². The summed E-state index contributed by atoms with van der Waals surface area (Å²) in [6.07, 6.45) is 1.72. The molecular formula is C13H17ClN2O4. The number of nitrogens with one attached hydrogen (secondary N) is 1. The van der Waals surface area contributed by atoms with Gasteiger partial charge in [0.25, 0.3) is 5.56 Å².